The fourth-order valence-electron chi connectivity index (χ4n) is 1.32. The number of hydrogen-bond acceptors (Lipinski definition) is 2. The summed E-state index contributed by atoms with van der Waals surface area (Å²) in [6.45, 7) is 5.07. The van der Waals surface area contributed by atoms with Gasteiger partial charge in [-0.15, -0.1) is 0 Å². The van der Waals surface area contributed by atoms with E-state index in [0.29, 0.717) is 5.57 Å². The lowest BCUT2D eigenvalue weighted by Crippen LogP contribution is -2.06. The highest BCUT2D eigenvalue weighted by molar-refractivity contribution is 5.95. The van der Waals surface area contributed by atoms with Crippen molar-refractivity contribution in [2.75, 3.05) is 0 Å². The van der Waals surface area contributed by atoms with Gasteiger partial charge >= 0.3 is 5.97 Å². The lowest BCUT2D eigenvalue weighted by Gasteiger charge is -2.08. The zero-order valence-corrected chi connectivity index (χ0v) is 8.04. The Morgan fingerprint density at radius 1 is 1.53 bits per heavy atom. The fraction of sp³-hybridized carbons (Fsp3) is 0.0909. The van der Waals surface area contributed by atoms with E-state index < -0.39 is 17.3 Å². The zero-order valence-electron chi connectivity index (χ0n) is 8.04. The van der Waals surface area contributed by atoms with Crippen molar-refractivity contribution in [2.45, 2.75) is 6.92 Å². The third-order valence-corrected chi connectivity index (χ3v) is 1.92. The van der Waals surface area contributed by atoms with E-state index in [1.54, 1.807) is 0 Å². The first-order chi connectivity index (χ1) is 6.99. The molecule has 0 fully saturated rings. The van der Waals surface area contributed by atoms with Crippen LogP contribution in [0, 0.1) is 17.1 Å². The summed E-state index contributed by atoms with van der Waals surface area (Å²) in [7, 11) is 0. The number of nitrogens with zero attached hydrogens (tertiary/aromatic N) is 1. The van der Waals surface area contributed by atoms with Crippen LogP contribution in [0.15, 0.2) is 18.7 Å². The molecule has 0 aromatic heterocycles. The smallest absolute Gasteiger partial charge is 0.339 e. The molecule has 0 radical (unpaired) electrons. The maximum absolute atomic E-state index is 13.2. The van der Waals surface area contributed by atoms with Crippen LogP contribution in [0.25, 0.3) is 5.57 Å². The van der Waals surface area contributed by atoms with E-state index in [9.17, 15) is 9.18 Å². The van der Waals surface area contributed by atoms with Crippen LogP contribution in [0.5, 0.6) is 0 Å². The number of benzene rings is 1. The molecule has 0 saturated heterocycles. The molecule has 0 heterocycles. The SMILES string of the molecule is C=C(C)c1c(C#N)ccc(F)c1C(=O)O. The van der Waals surface area contributed by atoms with Gasteiger partial charge in [0, 0.05) is 5.56 Å². The average molecular weight is 205 g/mol. The van der Waals surface area contributed by atoms with Crippen LogP contribution in [0.4, 0.5) is 4.39 Å². The maximum Gasteiger partial charge on any atom is 0.339 e. The molecule has 1 N–H and O–H groups in total. The molecule has 15 heavy (non-hydrogen) atoms. The third-order valence-electron chi connectivity index (χ3n) is 1.92. The number of halogens is 1. The quantitative estimate of drug-likeness (QED) is 0.806. The Hall–Kier alpha value is -2.15. The zero-order chi connectivity index (χ0) is 11.6. The topological polar surface area (TPSA) is 61.1 Å². The van der Waals surface area contributed by atoms with Gasteiger partial charge in [0.15, 0.2) is 0 Å². The van der Waals surface area contributed by atoms with Crippen LogP contribution in [0.3, 0.4) is 0 Å². The van der Waals surface area contributed by atoms with Gasteiger partial charge < -0.3 is 5.11 Å². The summed E-state index contributed by atoms with van der Waals surface area (Å²) in [6, 6.07) is 4.02. The van der Waals surface area contributed by atoms with Crippen molar-refractivity contribution < 1.29 is 14.3 Å². The number of hydrogen-bond donors (Lipinski definition) is 1. The molecule has 0 unspecified atom stereocenters. The molecule has 3 nitrogen and oxygen atoms in total. The summed E-state index contributed by atoms with van der Waals surface area (Å²) >= 11 is 0. The molecular formula is C11H8FNO2. The molecule has 0 aliphatic heterocycles. The molecule has 1 aromatic carbocycles. The van der Waals surface area contributed by atoms with Gasteiger partial charge in [-0.3, -0.25) is 0 Å². The van der Waals surface area contributed by atoms with Gasteiger partial charge in [-0.05, 0) is 24.6 Å². The summed E-state index contributed by atoms with van der Waals surface area (Å²) in [5.41, 5.74) is 0.0244. The van der Waals surface area contributed by atoms with E-state index >= 15 is 0 Å². The first-order valence-electron chi connectivity index (χ1n) is 4.10. The molecule has 0 amide bonds. The van der Waals surface area contributed by atoms with E-state index in [-0.39, 0.29) is 11.1 Å². The van der Waals surface area contributed by atoms with Crippen molar-refractivity contribution in [3.63, 3.8) is 0 Å². The van der Waals surface area contributed by atoms with Crippen molar-refractivity contribution >= 4 is 11.5 Å². The minimum absolute atomic E-state index is 0.0602. The number of carboxylic acids is 1. The van der Waals surface area contributed by atoms with Gasteiger partial charge in [-0.25, -0.2) is 9.18 Å². The maximum atomic E-state index is 13.2. The van der Waals surface area contributed by atoms with Crippen molar-refractivity contribution in [3.8, 4) is 6.07 Å². The fourth-order valence-corrected chi connectivity index (χ4v) is 1.32. The van der Waals surface area contributed by atoms with Crippen LogP contribution in [-0.4, -0.2) is 11.1 Å². The summed E-state index contributed by atoms with van der Waals surface area (Å²) in [6.07, 6.45) is 0. The summed E-state index contributed by atoms with van der Waals surface area (Å²) in [5.74, 6) is -2.26. The summed E-state index contributed by atoms with van der Waals surface area (Å²) in [5, 5.41) is 17.6. The average Bonchev–Trinajstić information content (AvgIpc) is 2.16. The molecule has 0 atom stereocenters. The number of carboxylic acid groups (broad SMARTS) is 1. The Kier molecular flexibility index (Phi) is 2.86. The molecule has 1 aromatic rings. The third kappa shape index (κ3) is 1.86. The highest BCUT2D eigenvalue weighted by atomic mass is 19.1. The van der Waals surface area contributed by atoms with Crippen LogP contribution in [0.1, 0.15) is 28.4 Å². The number of carbonyl (C=O) groups is 1. The minimum Gasteiger partial charge on any atom is -0.478 e. The second-order valence-electron chi connectivity index (χ2n) is 3.04. The van der Waals surface area contributed by atoms with E-state index in [0.717, 1.165) is 6.07 Å². The van der Waals surface area contributed by atoms with Crippen molar-refractivity contribution in [1.29, 1.82) is 5.26 Å². The Labute approximate surface area is 86.1 Å². The predicted octanol–water partition coefficient (Wildman–Crippen LogP) is 2.43. The van der Waals surface area contributed by atoms with Crippen LogP contribution < -0.4 is 0 Å². The van der Waals surface area contributed by atoms with Crippen molar-refractivity contribution in [2.24, 2.45) is 0 Å². The van der Waals surface area contributed by atoms with E-state index in [1.165, 1.54) is 13.0 Å². The molecule has 76 valence electrons. The summed E-state index contributed by atoms with van der Waals surface area (Å²) in [4.78, 5) is 10.8. The number of nitriles is 1. The van der Waals surface area contributed by atoms with Gasteiger partial charge in [0.1, 0.15) is 11.4 Å². The van der Waals surface area contributed by atoms with Crippen molar-refractivity contribution in [3.05, 3.63) is 41.2 Å². The Bertz CT molecular complexity index is 486. The van der Waals surface area contributed by atoms with Gasteiger partial charge in [0.2, 0.25) is 0 Å². The standard InChI is InChI=1S/C11H8FNO2/c1-6(2)9-7(5-13)3-4-8(12)10(9)11(14)15/h3-4H,1H2,2H3,(H,14,15). The van der Waals surface area contributed by atoms with Crippen LogP contribution in [-0.2, 0) is 0 Å². The minimum atomic E-state index is -1.40. The lowest BCUT2D eigenvalue weighted by molar-refractivity contribution is 0.0691. The van der Waals surface area contributed by atoms with Crippen LogP contribution in [0.2, 0.25) is 0 Å². The molecule has 1 rings (SSSR count). The van der Waals surface area contributed by atoms with Crippen LogP contribution >= 0.6 is 0 Å². The van der Waals surface area contributed by atoms with E-state index in [4.69, 9.17) is 10.4 Å². The first-order valence-corrected chi connectivity index (χ1v) is 4.10. The van der Waals surface area contributed by atoms with E-state index in [2.05, 4.69) is 6.58 Å². The molecule has 0 saturated carbocycles. The number of aromatic carboxylic acids is 1. The highest BCUT2D eigenvalue weighted by Gasteiger charge is 2.19. The van der Waals surface area contributed by atoms with E-state index in [1.807, 2.05) is 6.07 Å². The second-order valence-corrected chi connectivity index (χ2v) is 3.04. The van der Waals surface area contributed by atoms with Gasteiger partial charge in [0.25, 0.3) is 0 Å². The first kappa shape index (κ1) is 10.9. The van der Waals surface area contributed by atoms with Gasteiger partial charge in [-0.2, -0.15) is 5.26 Å². The lowest BCUT2D eigenvalue weighted by atomic mass is 9.96. The largest absolute Gasteiger partial charge is 0.478 e. The monoisotopic (exact) mass is 205 g/mol. The number of allylic oxidation sites excluding steroid dienone is 1. The molecule has 0 aliphatic carbocycles. The molecule has 0 bridgehead atoms. The molecule has 0 aliphatic rings. The van der Waals surface area contributed by atoms with Gasteiger partial charge in [0.05, 0.1) is 11.6 Å². The molecule has 4 heteroatoms. The Morgan fingerprint density at radius 2 is 2.13 bits per heavy atom. The predicted molar refractivity (Wildman–Crippen MR) is 52.8 cm³/mol. The highest BCUT2D eigenvalue weighted by Crippen LogP contribution is 2.24. The molecular weight excluding hydrogens is 197 g/mol. The van der Waals surface area contributed by atoms with Crippen molar-refractivity contribution in [1.82, 2.24) is 0 Å². The Balaban J connectivity index is 3.68. The van der Waals surface area contributed by atoms with Gasteiger partial charge in [-0.1, -0.05) is 6.58 Å². The number of rotatable bonds is 2. The normalized spacial score (nSPS) is 9.40. The summed E-state index contributed by atoms with van der Waals surface area (Å²) < 4.78 is 13.2. The Morgan fingerprint density at radius 3 is 2.53 bits per heavy atom. The molecule has 0 spiro atoms. The second kappa shape index (κ2) is 3.93.